The van der Waals surface area contributed by atoms with E-state index in [1.54, 1.807) is 0 Å². The minimum Gasteiger partial charge on any atom is -0.480 e. The van der Waals surface area contributed by atoms with E-state index in [2.05, 4.69) is 5.32 Å². The molecule has 2 amide bonds. The summed E-state index contributed by atoms with van der Waals surface area (Å²) in [5.74, 6) is -1.71. The van der Waals surface area contributed by atoms with Crippen molar-refractivity contribution in [3.63, 3.8) is 0 Å². The van der Waals surface area contributed by atoms with Crippen LogP contribution in [0.3, 0.4) is 0 Å². The molecule has 1 saturated heterocycles. The molecule has 100 valence electrons. The number of rotatable bonds is 5. The molecule has 5 nitrogen and oxygen atoms in total. The van der Waals surface area contributed by atoms with E-state index >= 15 is 0 Å². The van der Waals surface area contributed by atoms with Crippen LogP contribution in [-0.2, 0) is 20.8 Å². The highest BCUT2D eigenvalue weighted by Crippen LogP contribution is 2.26. The molecule has 0 saturated carbocycles. The SMILES string of the molecule is O=C1CC(SC(Cc2ccccc2)C(=O)O)C(=O)N1. The van der Waals surface area contributed by atoms with Crippen LogP contribution in [0.4, 0.5) is 0 Å². The average Bonchev–Trinajstić information content (AvgIpc) is 2.68. The molecule has 19 heavy (non-hydrogen) atoms. The number of thioether (sulfide) groups is 1. The zero-order chi connectivity index (χ0) is 13.8. The Balaban J connectivity index is 2.03. The van der Waals surface area contributed by atoms with E-state index in [0.717, 1.165) is 17.3 Å². The molecule has 2 rings (SSSR count). The van der Waals surface area contributed by atoms with Crippen molar-refractivity contribution in [1.82, 2.24) is 5.32 Å². The largest absolute Gasteiger partial charge is 0.480 e. The standard InChI is InChI=1S/C13H13NO4S/c15-11-7-9(12(16)14-11)19-10(13(17)18)6-8-4-2-1-3-5-8/h1-5,9-10H,6-7H2,(H,17,18)(H,14,15,16). The van der Waals surface area contributed by atoms with Gasteiger partial charge in [0.05, 0.1) is 5.25 Å². The predicted octanol–water partition coefficient (Wildman–Crippen LogP) is 0.831. The van der Waals surface area contributed by atoms with Crippen LogP contribution in [0.15, 0.2) is 30.3 Å². The van der Waals surface area contributed by atoms with Crippen LogP contribution in [0, 0.1) is 0 Å². The first-order valence-corrected chi connectivity index (χ1v) is 6.76. The summed E-state index contributed by atoms with van der Waals surface area (Å²) in [7, 11) is 0. The first kappa shape index (κ1) is 13.6. The number of hydrogen-bond donors (Lipinski definition) is 2. The number of nitrogens with one attached hydrogen (secondary N) is 1. The lowest BCUT2D eigenvalue weighted by Gasteiger charge is -2.14. The van der Waals surface area contributed by atoms with Gasteiger partial charge in [-0.3, -0.25) is 19.7 Å². The van der Waals surface area contributed by atoms with Crippen molar-refractivity contribution in [2.75, 3.05) is 0 Å². The van der Waals surface area contributed by atoms with Crippen molar-refractivity contribution in [2.45, 2.75) is 23.3 Å². The van der Waals surface area contributed by atoms with Crippen LogP contribution in [0.25, 0.3) is 0 Å². The summed E-state index contributed by atoms with van der Waals surface area (Å²) in [5, 5.41) is 10.1. The molecule has 6 heteroatoms. The number of amides is 2. The number of hydrogen-bond acceptors (Lipinski definition) is 4. The third-order valence-corrected chi connectivity index (χ3v) is 4.20. The van der Waals surface area contributed by atoms with Crippen molar-refractivity contribution in [3.05, 3.63) is 35.9 Å². The van der Waals surface area contributed by atoms with E-state index in [0.29, 0.717) is 6.42 Å². The van der Waals surface area contributed by atoms with E-state index in [-0.39, 0.29) is 12.3 Å². The summed E-state index contributed by atoms with van der Waals surface area (Å²) in [6.45, 7) is 0. The van der Waals surface area contributed by atoms with Gasteiger partial charge in [-0.1, -0.05) is 30.3 Å². The van der Waals surface area contributed by atoms with Gasteiger partial charge in [-0.25, -0.2) is 0 Å². The van der Waals surface area contributed by atoms with Crippen molar-refractivity contribution < 1.29 is 19.5 Å². The van der Waals surface area contributed by atoms with Crippen molar-refractivity contribution in [3.8, 4) is 0 Å². The summed E-state index contributed by atoms with van der Waals surface area (Å²) in [6, 6.07) is 9.22. The molecule has 2 N–H and O–H groups in total. The number of aliphatic carboxylic acids is 1. The summed E-state index contributed by atoms with van der Waals surface area (Å²) >= 11 is 1.03. The van der Waals surface area contributed by atoms with Gasteiger partial charge in [0.1, 0.15) is 5.25 Å². The maximum atomic E-state index is 11.4. The van der Waals surface area contributed by atoms with Crippen molar-refractivity contribution in [1.29, 1.82) is 0 Å². The van der Waals surface area contributed by atoms with Crippen LogP contribution < -0.4 is 5.32 Å². The maximum Gasteiger partial charge on any atom is 0.316 e. The minimum absolute atomic E-state index is 0.0576. The maximum absolute atomic E-state index is 11.4. The van der Waals surface area contributed by atoms with E-state index in [4.69, 9.17) is 0 Å². The Kier molecular flexibility index (Phi) is 4.21. The summed E-state index contributed by atoms with van der Waals surface area (Å²) < 4.78 is 0. The lowest BCUT2D eigenvalue weighted by molar-refractivity contribution is -0.136. The zero-order valence-electron chi connectivity index (χ0n) is 10.0. The smallest absolute Gasteiger partial charge is 0.316 e. The molecule has 1 fully saturated rings. The summed E-state index contributed by atoms with van der Waals surface area (Å²) in [4.78, 5) is 33.8. The predicted molar refractivity (Wildman–Crippen MR) is 70.7 cm³/mol. The number of carboxylic acids is 1. The fourth-order valence-corrected chi connectivity index (χ4v) is 3.09. The Bertz CT molecular complexity index is 503. The third kappa shape index (κ3) is 3.57. The highest BCUT2D eigenvalue weighted by atomic mass is 32.2. The van der Waals surface area contributed by atoms with Crippen LogP contribution >= 0.6 is 11.8 Å². The molecular weight excluding hydrogens is 266 g/mol. The molecule has 1 aromatic carbocycles. The van der Waals surface area contributed by atoms with E-state index < -0.39 is 22.4 Å². The van der Waals surface area contributed by atoms with Gasteiger partial charge in [-0.2, -0.15) is 0 Å². The molecule has 0 aliphatic carbocycles. The van der Waals surface area contributed by atoms with Gasteiger partial charge in [0, 0.05) is 6.42 Å². The molecule has 0 spiro atoms. The molecule has 1 aromatic rings. The number of carbonyl (C=O) groups is 3. The fraction of sp³-hybridized carbons (Fsp3) is 0.308. The van der Waals surface area contributed by atoms with Gasteiger partial charge in [0.15, 0.2) is 0 Å². The third-order valence-electron chi connectivity index (χ3n) is 2.79. The number of carboxylic acid groups (broad SMARTS) is 1. The molecule has 0 radical (unpaired) electrons. The second-order valence-corrected chi connectivity index (χ2v) is 5.67. The Morgan fingerprint density at radius 2 is 2.05 bits per heavy atom. The number of imide groups is 1. The zero-order valence-corrected chi connectivity index (χ0v) is 10.9. The van der Waals surface area contributed by atoms with E-state index in [1.807, 2.05) is 30.3 Å². The summed E-state index contributed by atoms with van der Waals surface area (Å²) in [6.07, 6.45) is 0.390. The van der Waals surface area contributed by atoms with E-state index in [1.165, 1.54) is 0 Å². The lowest BCUT2D eigenvalue weighted by atomic mass is 10.1. The molecule has 2 atom stereocenters. The Morgan fingerprint density at radius 1 is 1.37 bits per heavy atom. The van der Waals surface area contributed by atoms with Crippen molar-refractivity contribution in [2.24, 2.45) is 0 Å². The Labute approximate surface area is 114 Å². The lowest BCUT2D eigenvalue weighted by Crippen LogP contribution is -2.27. The fourth-order valence-electron chi connectivity index (χ4n) is 1.86. The Morgan fingerprint density at radius 3 is 2.58 bits per heavy atom. The normalized spacial score (nSPS) is 20.1. The molecule has 0 aromatic heterocycles. The Hall–Kier alpha value is -1.82. The topological polar surface area (TPSA) is 83.5 Å². The van der Waals surface area contributed by atoms with Crippen LogP contribution in [0.2, 0.25) is 0 Å². The van der Waals surface area contributed by atoms with Gasteiger partial charge >= 0.3 is 5.97 Å². The molecule has 1 aliphatic heterocycles. The second-order valence-electron chi connectivity index (χ2n) is 4.26. The van der Waals surface area contributed by atoms with Gasteiger partial charge in [-0.15, -0.1) is 11.8 Å². The highest BCUT2D eigenvalue weighted by molar-refractivity contribution is 8.01. The summed E-state index contributed by atoms with van der Waals surface area (Å²) in [5.41, 5.74) is 0.895. The van der Waals surface area contributed by atoms with Gasteiger partial charge in [0.2, 0.25) is 11.8 Å². The van der Waals surface area contributed by atoms with Gasteiger partial charge in [-0.05, 0) is 12.0 Å². The highest BCUT2D eigenvalue weighted by Gasteiger charge is 2.35. The van der Waals surface area contributed by atoms with Crippen molar-refractivity contribution >= 4 is 29.5 Å². The molecule has 1 heterocycles. The first-order valence-electron chi connectivity index (χ1n) is 5.82. The minimum atomic E-state index is -0.971. The van der Waals surface area contributed by atoms with Crippen LogP contribution in [-0.4, -0.2) is 33.4 Å². The number of carbonyl (C=O) groups excluding carboxylic acids is 2. The molecule has 2 unspecified atom stereocenters. The van der Waals surface area contributed by atoms with E-state index in [9.17, 15) is 19.5 Å². The molecule has 1 aliphatic rings. The van der Waals surface area contributed by atoms with Crippen LogP contribution in [0.5, 0.6) is 0 Å². The monoisotopic (exact) mass is 279 g/mol. The number of benzene rings is 1. The van der Waals surface area contributed by atoms with Gasteiger partial charge < -0.3 is 5.11 Å². The molecular formula is C13H13NO4S. The average molecular weight is 279 g/mol. The van der Waals surface area contributed by atoms with Crippen LogP contribution in [0.1, 0.15) is 12.0 Å². The quantitative estimate of drug-likeness (QED) is 0.780. The molecule has 0 bridgehead atoms. The second kappa shape index (κ2) is 5.88. The first-order chi connectivity index (χ1) is 9.06. The van der Waals surface area contributed by atoms with Gasteiger partial charge in [0.25, 0.3) is 0 Å².